The van der Waals surface area contributed by atoms with Gasteiger partial charge in [-0.15, -0.1) is 0 Å². The molecule has 0 spiro atoms. The zero-order valence-electron chi connectivity index (χ0n) is 23.5. The van der Waals surface area contributed by atoms with Crippen molar-refractivity contribution >= 4 is 58.3 Å². The van der Waals surface area contributed by atoms with Gasteiger partial charge in [-0.25, -0.2) is 0 Å². The van der Waals surface area contributed by atoms with Crippen LogP contribution in [0.5, 0.6) is 0 Å². The Bertz CT molecular complexity index is 722. The zero-order valence-corrected chi connectivity index (χ0v) is 30.7. The summed E-state index contributed by atoms with van der Waals surface area (Å²) in [7, 11) is 0. The number of rotatable bonds is 14. The van der Waals surface area contributed by atoms with Crippen molar-refractivity contribution in [2.45, 2.75) is 106 Å². The molecule has 12 nitrogen and oxygen atoms in total. The molecule has 18 heteroatoms. The van der Waals surface area contributed by atoms with Crippen LogP contribution in [0.4, 0.5) is 0 Å². The fourth-order valence-electron chi connectivity index (χ4n) is 4.77. The van der Waals surface area contributed by atoms with E-state index in [1.807, 2.05) is 0 Å². The molecule has 0 aromatic carbocycles. The van der Waals surface area contributed by atoms with Gasteiger partial charge >= 0.3 is 59.1 Å². The predicted molar refractivity (Wildman–Crippen MR) is 153 cm³/mol. The monoisotopic (exact) mass is 678 g/mol. The van der Waals surface area contributed by atoms with Gasteiger partial charge in [0, 0.05) is 13.1 Å². The van der Waals surface area contributed by atoms with Gasteiger partial charge in [0.2, 0.25) is 0 Å². The Morgan fingerprint density at radius 3 is 1.10 bits per heavy atom. The van der Waals surface area contributed by atoms with Gasteiger partial charge in [-0.1, -0.05) is 40.7 Å². The molecule has 2 aliphatic heterocycles. The van der Waals surface area contributed by atoms with E-state index in [4.69, 9.17) is 59.2 Å². The fourth-order valence-corrected chi connectivity index (χ4v) is 5.55. The first-order valence-corrected chi connectivity index (χ1v) is 14.7. The molecule has 10 atom stereocenters. The maximum absolute atomic E-state index is 10.3. The summed E-state index contributed by atoms with van der Waals surface area (Å²) in [6, 6.07) is 0. The number of aliphatic hydroxyl groups is 8. The summed E-state index contributed by atoms with van der Waals surface area (Å²) in [4.78, 5) is 2.97. The normalized spacial score (nSPS) is 33.3. The molecule has 0 aromatic rings. The summed E-state index contributed by atoms with van der Waals surface area (Å²) < 4.78 is 11.2. The molecule has 2 saturated heterocycles. The van der Waals surface area contributed by atoms with E-state index in [1.165, 1.54) is 9.80 Å². The summed E-state index contributed by atoms with van der Waals surface area (Å²) in [6.07, 6.45) is -7.11. The van der Waals surface area contributed by atoms with Crippen LogP contribution in [-0.4, -0.2) is 147 Å². The van der Waals surface area contributed by atoms with Crippen molar-refractivity contribution in [2.24, 2.45) is 0 Å². The Balaban J connectivity index is 0.00000800. The van der Waals surface area contributed by atoms with Crippen molar-refractivity contribution in [3.8, 4) is 0 Å². The molecule has 2 heterocycles. The Labute approximate surface area is 307 Å². The first-order chi connectivity index (χ1) is 18.5. The third-order valence-electron chi connectivity index (χ3n) is 7.12. The standard InChI is InChI=1S/C23H42N2O10S4.2Na/c26-10-12-14(28)16(30)18(32)20(34-12)24(22(36)37)8-6-4-2-1-3-5-7-9-25(23(38)39)21-19(33)17(31)15(29)13(11-27)35-21;;/h12-21,26-33H,1-11H2,(H,36,37)(H,38,39);;/q;2*+1/p-2/t12-,13-,14-,15-,16+,17+,18-,19-,20-,21-;;/m1../s1. The minimum Gasteiger partial charge on any atom is -0.411 e. The fraction of sp³-hybridized carbons (Fsp3) is 0.913. The van der Waals surface area contributed by atoms with Crippen molar-refractivity contribution in [2.75, 3.05) is 26.3 Å². The Morgan fingerprint density at radius 2 is 0.829 bits per heavy atom. The molecule has 2 rings (SSSR count). The summed E-state index contributed by atoms with van der Waals surface area (Å²) >= 11 is 20.5. The Kier molecular flexibility index (Phi) is 22.5. The van der Waals surface area contributed by atoms with E-state index >= 15 is 0 Å². The maximum Gasteiger partial charge on any atom is 1.00 e. The molecule has 0 amide bonds. The maximum atomic E-state index is 10.3. The summed E-state index contributed by atoms with van der Waals surface area (Å²) in [6.45, 7) is -0.291. The quantitative estimate of drug-likeness (QED) is 0.0375. The Morgan fingerprint density at radius 1 is 0.537 bits per heavy atom. The zero-order chi connectivity index (χ0) is 29.3. The van der Waals surface area contributed by atoms with E-state index in [9.17, 15) is 40.9 Å². The number of thiocarbonyl (C=S) groups is 2. The van der Waals surface area contributed by atoms with Gasteiger partial charge < -0.3 is 110 Å². The molecule has 41 heavy (non-hydrogen) atoms. The summed E-state index contributed by atoms with van der Waals surface area (Å²) in [5, 5.41) is 79.5. The van der Waals surface area contributed by atoms with Crippen LogP contribution in [-0.2, 0) is 34.7 Å². The minimum atomic E-state index is -1.50. The molecular formula is C23H40N2Na2O10S4. The first-order valence-electron chi connectivity index (χ1n) is 13.0. The molecule has 0 aromatic heterocycles. The largest absolute Gasteiger partial charge is 1.00 e. The third kappa shape index (κ3) is 12.2. The van der Waals surface area contributed by atoms with Gasteiger partial charge in [0.15, 0.2) is 12.5 Å². The molecule has 0 aliphatic carbocycles. The number of nitrogens with zero attached hydrogens (tertiary/aromatic N) is 2. The van der Waals surface area contributed by atoms with Crippen molar-refractivity contribution in [3.63, 3.8) is 0 Å². The van der Waals surface area contributed by atoms with Gasteiger partial charge in [-0.3, -0.25) is 0 Å². The number of hydrogen-bond donors (Lipinski definition) is 8. The van der Waals surface area contributed by atoms with Crippen LogP contribution in [0.2, 0.25) is 0 Å². The molecule has 0 radical (unpaired) electrons. The van der Waals surface area contributed by atoms with Gasteiger partial charge in [0.25, 0.3) is 0 Å². The average molecular weight is 679 g/mol. The molecule has 2 aliphatic rings. The van der Waals surface area contributed by atoms with Gasteiger partial charge in [0.1, 0.15) is 48.8 Å². The number of ether oxygens (including phenoxy) is 2. The van der Waals surface area contributed by atoms with Crippen LogP contribution in [0.25, 0.3) is 0 Å². The molecule has 0 bridgehead atoms. The van der Waals surface area contributed by atoms with Gasteiger partial charge in [-0.2, -0.15) is 0 Å². The second-order valence-corrected chi connectivity index (χ2v) is 11.9. The third-order valence-corrected chi connectivity index (χ3v) is 8.05. The molecule has 2 fully saturated rings. The first kappa shape index (κ1) is 42.8. The van der Waals surface area contributed by atoms with Crippen LogP contribution in [0.15, 0.2) is 0 Å². The second-order valence-electron chi connectivity index (χ2n) is 9.83. The van der Waals surface area contributed by atoms with Crippen LogP contribution in [0.1, 0.15) is 44.9 Å². The number of unbranched alkanes of at least 4 members (excludes halogenated alkanes) is 6. The van der Waals surface area contributed by atoms with E-state index in [0.717, 1.165) is 32.1 Å². The van der Waals surface area contributed by atoms with E-state index in [-0.39, 0.29) is 67.8 Å². The molecule has 8 N–H and O–H groups in total. The van der Waals surface area contributed by atoms with Crippen molar-refractivity contribution in [1.29, 1.82) is 0 Å². The van der Waals surface area contributed by atoms with Gasteiger partial charge in [-0.05, 0) is 12.8 Å². The van der Waals surface area contributed by atoms with Crippen LogP contribution >= 0.6 is 24.4 Å². The average Bonchev–Trinajstić information content (AvgIpc) is 2.90. The van der Waals surface area contributed by atoms with Crippen molar-refractivity contribution in [3.05, 3.63) is 0 Å². The Hall–Kier alpha value is 1.82. The second kappa shape index (κ2) is 21.6. The van der Waals surface area contributed by atoms with Crippen molar-refractivity contribution < 1.29 is 109 Å². The molecular weight excluding hydrogens is 639 g/mol. The van der Waals surface area contributed by atoms with Crippen LogP contribution in [0, 0.1) is 0 Å². The van der Waals surface area contributed by atoms with Crippen molar-refractivity contribution in [1.82, 2.24) is 9.80 Å². The van der Waals surface area contributed by atoms with E-state index in [0.29, 0.717) is 25.9 Å². The molecule has 228 valence electrons. The summed E-state index contributed by atoms with van der Waals surface area (Å²) in [5.74, 6) is 0. The minimum absolute atomic E-state index is 0. The van der Waals surface area contributed by atoms with E-state index in [1.54, 1.807) is 0 Å². The smallest absolute Gasteiger partial charge is 0.411 e. The van der Waals surface area contributed by atoms with E-state index < -0.39 is 74.5 Å². The predicted octanol–water partition coefficient (Wildman–Crippen LogP) is -8.41. The molecule has 0 saturated carbocycles. The summed E-state index contributed by atoms with van der Waals surface area (Å²) in [5.41, 5.74) is 0. The SMILES string of the molecule is OC[C@H]1O[C@@H](N(CCCCCCCCCN(C(=S)[S-])[C@@H]2O[C@H](CO)[C@@H](O)[C@H](O)[C@H]2O)C(=S)[S-])[C@H](O)[C@@H](O)[C@@H]1O.[Na+].[Na+]. The number of hydrogen-bond acceptors (Lipinski definition) is 14. The van der Waals surface area contributed by atoms with Crippen LogP contribution < -0.4 is 59.1 Å². The number of aliphatic hydroxyl groups excluding tert-OH is 8. The molecule has 0 unspecified atom stereocenters. The van der Waals surface area contributed by atoms with Gasteiger partial charge in [0.05, 0.1) is 13.2 Å². The van der Waals surface area contributed by atoms with Crippen LogP contribution in [0.3, 0.4) is 0 Å². The van der Waals surface area contributed by atoms with E-state index in [2.05, 4.69) is 0 Å². The topological polar surface area (TPSA) is 187 Å².